The van der Waals surface area contributed by atoms with Crippen molar-refractivity contribution in [2.24, 2.45) is 13.0 Å². The Bertz CT molecular complexity index is 1250. The van der Waals surface area contributed by atoms with E-state index in [9.17, 15) is 9.59 Å². The number of carbonyl (C=O) groups is 2. The van der Waals surface area contributed by atoms with Gasteiger partial charge in [0.25, 0.3) is 5.91 Å². The highest BCUT2D eigenvalue weighted by molar-refractivity contribution is 5.95. The number of nitrogens with zero attached hydrogens (tertiary/aromatic N) is 5. The summed E-state index contributed by atoms with van der Waals surface area (Å²) in [4.78, 5) is 33.2. The molecule has 8 heteroatoms. The van der Waals surface area contributed by atoms with Gasteiger partial charge in [-0.3, -0.25) is 14.3 Å². The van der Waals surface area contributed by atoms with Crippen molar-refractivity contribution in [2.45, 2.75) is 33.2 Å². The fourth-order valence-electron chi connectivity index (χ4n) is 4.84. The molecular weight excluding hydrogens is 478 g/mol. The second kappa shape index (κ2) is 12.3. The van der Waals surface area contributed by atoms with Crippen molar-refractivity contribution in [2.75, 3.05) is 45.2 Å². The van der Waals surface area contributed by atoms with Crippen molar-refractivity contribution in [3.63, 3.8) is 0 Å². The van der Waals surface area contributed by atoms with Crippen molar-refractivity contribution in [3.05, 3.63) is 65.9 Å². The minimum absolute atomic E-state index is 0.0812. The molecule has 38 heavy (non-hydrogen) atoms. The molecule has 1 aliphatic heterocycles. The molecule has 0 atom stereocenters. The molecule has 202 valence electrons. The van der Waals surface area contributed by atoms with Crippen molar-refractivity contribution in [3.8, 4) is 17.0 Å². The van der Waals surface area contributed by atoms with Crippen LogP contribution in [0.3, 0.4) is 0 Å². The van der Waals surface area contributed by atoms with E-state index in [0.29, 0.717) is 31.7 Å². The van der Waals surface area contributed by atoms with Gasteiger partial charge in [-0.1, -0.05) is 32.0 Å². The normalized spacial score (nSPS) is 15.2. The minimum Gasteiger partial charge on any atom is -0.497 e. The van der Waals surface area contributed by atoms with Crippen molar-refractivity contribution < 1.29 is 14.3 Å². The van der Waals surface area contributed by atoms with E-state index in [2.05, 4.69) is 30.9 Å². The average molecular weight is 518 g/mol. The highest BCUT2D eigenvalue weighted by atomic mass is 16.5. The maximum atomic E-state index is 13.9. The molecular formula is C30H39N5O3. The molecule has 3 aromatic rings. The number of likely N-dealkylation sites (N-methyl/N-ethyl adjacent to an activating group) is 1. The summed E-state index contributed by atoms with van der Waals surface area (Å²) in [5.41, 5.74) is 4.05. The Balaban J connectivity index is 1.66. The van der Waals surface area contributed by atoms with Crippen molar-refractivity contribution in [1.82, 2.24) is 19.6 Å². The van der Waals surface area contributed by atoms with Gasteiger partial charge in [0.1, 0.15) is 11.4 Å². The first-order chi connectivity index (χ1) is 18.3. The van der Waals surface area contributed by atoms with Crippen LogP contribution >= 0.6 is 0 Å². The molecule has 2 heterocycles. The quantitative estimate of drug-likeness (QED) is 0.500. The Hall–Kier alpha value is -3.65. The Morgan fingerprint density at radius 3 is 2.42 bits per heavy atom. The zero-order valence-electron chi connectivity index (χ0n) is 23.2. The fraction of sp³-hybridized carbons (Fsp3) is 0.433. The lowest BCUT2D eigenvalue weighted by atomic mass is 10.1. The second-order valence-electron chi connectivity index (χ2n) is 10.4. The predicted molar refractivity (Wildman–Crippen MR) is 150 cm³/mol. The highest BCUT2D eigenvalue weighted by Crippen LogP contribution is 2.27. The third-order valence-corrected chi connectivity index (χ3v) is 6.97. The van der Waals surface area contributed by atoms with E-state index in [1.807, 2.05) is 64.4 Å². The molecule has 4 rings (SSSR count). The van der Waals surface area contributed by atoms with Crippen molar-refractivity contribution >= 4 is 17.5 Å². The van der Waals surface area contributed by atoms with Gasteiger partial charge in [0.15, 0.2) is 0 Å². The molecule has 0 N–H and O–H groups in total. The van der Waals surface area contributed by atoms with E-state index in [0.717, 1.165) is 47.8 Å². The second-order valence-corrected chi connectivity index (χ2v) is 10.4. The van der Waals surface area contributed by atoms with Crippen LogP contribution in [0.1, 0.15) is 42.7 Å². The first kappa shape index (κ1) is 27.4. The van der Waals surface area contributed by atoms with E-state index >= 15 is 0 Å². The van der Waals surface area contributed by atoms with Crippen LogP contribution in [0.4, 0.5) is 5.69 Å². The molecule has 8 nitrogen and oxygen atoms in total. The molecule has 0 saturated heterocycles. The molecule has 1 aromatic heterocycles. The average Bonchev–Trinajstić information content (AvgIpc) is 3.28. The third-order valence-electron chi connectivity index (χ3n) is 6.97. The monoisotopic (exact) mass is 517 g/mol. The number of para-hydroxylation sites is 1. The van der Waals surface area contributed by atoms with Crippen LogP contribution in [-0.4, -0.2) is 71.7 Å². The number of carbonyl (C=O) groups excluding carboxylic acids is 2. The number of amides is 2. The number of aryl methyl sites for hydroxylation is 1. The molecule has 0 aliphatic carbocycles. The molecule has 1 aliphatic rings. The van der Waals surface area contributed by atoms with Gasteiger partial charge in [0.05, 0.1) is 12.8 Å². The number of fused-ring (bicyclic) bond motifs is 1. The number of hydrogen-bond acceptors (Lipinski definition) is 5. The standard InChI is InChI=1S/C30H39N5O3/c1-22(2)19-29(36)35-16-8-15-32(3)17-18-34(21-24-9-6-7-10-27(24)35)30(37)28-20-26(31-33(28)4)23-11-13-25(38-5)14-12-23/h6-7,9-14,20,22H,8,15-19,21H2,1-5H3. The fourth-order valence-corrected chi connectivity index (χ4v) is 4.84. The summed E-state index contributed by atoms with van der Waals surface area (Å²) in [6, 6.07) is 17.5. The van der Waals surface area contributed by atoms with Crippen LogP contribution in [0.5, 0.6) is 5.75 Å². The first-order valence-electron chi connectivity index (χ1n) is 13.3. The summed E-state index contributed by atoms with van der Waals surface area (Å²) in [6.07, 6.45) is 1.37. The van der Waals surface area contributed by atoms with Gasteiger partial charge in [-0.05, 0) is 67.9 Å². The number of rotatable bonds is 5. The van der Waals surface area contributed by atoms with E-state index in [1.54, 1.807) is 18.8 Å². The highest BCUT2D eigenvalue weighted by Gasteiger charge is 2.26. The third kappa shape index (κ3) is 6.42. The van der Waals surface area contributed by atoms with Crippen LogP contribution < -0.4 is 9.64 Å². The van der Waals surface area contributed by atoms with Crippen LogP contribution in [-0.2, 0) is 18.4 Å². The predicted octanol–water partition coefficient (Wildman–Crippen LogP) is 4.45. The lowest BCUT2D eigenvalue weighted by molar-refractivity contribution is -0.119. The molecule has 0 bridgehead atoms. The van der Waals surface area contributed by atoms with Gasteiger partial charge in [-0.15, -0.1) is 0 Å². The van der Waals surface area contributed by atoms with Crippen LogP contribution in [0.15, 0.2) is 54.6 Å². The van der Waals surface area contributed by atoms with Gasteiger partial charge >= 0.3 is 0 Å². The molecule has 0 unspecified atom stereocenters. The molecule has 0 spiro atoms. The number of benzene rings is 2. The van der Waals surface area contributed by atoms with E-state index in [-0.39, 0.29) is 17.7 Å². The molecule has 2 aromatic carbocycles. The lowest BCUT2D eigenvalue weighted by Gasteiger charge is -2.28. The van der Waals surface area contributed by atoms with Crippen LogP contribution in [0.25, 0.3) is 11.3 Å². The van der Waals surface area contributed by atoms with Gasteiger partial charge in [-0.2, -0.15) is 5.10 Å². The SMILES string of the molecule is COc1ccc(-c2cc(C(=O)N3CCN(C)CCCN(C(=O)CC(C)C)c4ccccc4C3)n(C)n2)cc1. The Morgan fingerprint density at radius 2 is 1.71 bits per heavy atom. The van der Waals surface area contributed by atoms with E-state index in [1.165, 1.54) is 0 Å². The Morgan fingerprint density at radius 1 is 0.974 bits per heavy atom. The topological polar surface area (TPSA) is 70.9 Å². The molecule has 0 saturated carbocycles. The maximum Gasteiger partial charge on any atom is 0.272 e. The Labute approximate surface area is 225 Å². The molecule has 2 amide bonds. The summed E-state index contributed by atoms with van der Waals surface area (Å²) in [7, 11) is 5.51. The maximum absolute atomic E-state index is 13.9. The summed E-state index contributed by atoms with van der Waals surface area (Å²) in [5, 5.41) is 4.63. The number of anilines is 1. The minimum atomic E-state index is -0.0812. The summed E-state index contributed by atoms with van der Waals surface area (Å²) in [5.74, 6) is 1.09. The number of methoxy groups -OCH3 is 1. The zero-order chi connectivity index (χ0) is 27.2. The van der Waals surface area contributed by atoms with Crippen LogP contribution in [0, 0.1) is 5.92 Å². The summed E-state index contributed by atoms with van der Waals surface area (Å²) in [6.45, 7) is 7.38. The smallest absolute Gasteiger partial charge is 0.272 e. The van der Waals surface area contributed by atoms with Crippen LogP contribution in [0.2, 0.25) is 0 Å². The number of aromatic nitrogens is 2. The van der Waals surface area contributed by atoms with Gasteiger partial charge in [0, 0.05) is 50.9 Å². The summed E-state index contributed by atoms with van der Waals surface area (Å²) >= 11 is 0. The first-order valence-corrected chi connectivity index (χ1v) is 13.3. The van der Waals surface area contributed by atoms with Crippen molar-refractivity contribution in [1.29, 1.82) is 0 Å². The van der Waals surface area contributed by atoms with Gasteiger partial charge in [0.2, 0.25) is 5.91 Å². The molecule has 0 radical (unpaired) electrons. The summed E-state index contributed by atoms with van der Waals surface area (Å²) < 4.78 is 6.92. The number of hydrogen-bond donors (Lipinski definition) is 0. The van der Waals surface area contributed by atoms with Gasteiger partial charge in [-0.25, -0.2) is 0 Å². The van der Waals surface area contributed by atoms with E-state index < -0.39 is 0 Å². The molecule has 0 fully saturated rings. The zero-order valence-corrected chi connectivity index (χ0v) is 23.2. The number of ether oxygens (including phenoxy) is 1. The Kier molecular flexibility index (Phi) is 8.84. The largest absolute Gasteiger partial charge is 0.497 e. The lowest BCUT2D eigenvalue weighted by Crippen LogP contribution is -2.38. The van der Waals surface area contributed by atoms with E-state index in [4.69, 9.17) is 4.74 Å². The van der Waals surface area contributed by atoms with Gasteiger partial charge < -0.3 is 19.4 Å².